The fraction of sp³-hybridized carbons (Fsp3) is 1.00. The summed E-state index contributed by atoms with van der Waals surface area (Å²) < 4.78 is 31.0. The summed E-state index contributed by atoms with van der Waals surface area (Å²) in [7, 11) is -3.23. The lowest BCUT2D eigenvalue weighted by molar-refractivity contribution is 0.0173. The Morgan fingerprint density at radius 3 is 2.87 bits per heavy atom. The van der Waals surface area contributed by atoms with E-state index in [2.05, 4.69) is 4.72 Å². The molecule has 1 saturated heterocycles. The lowest BCUT2D eigenvalue weighted by Crippen LogP contribution is -2.42. The summed E-state index contributed by atoms with van der Waals surface area (Å²) in [6.07, 6.45) is 1.85. The average Bonchev–Trinajstić information content (AvgIpc) is 2.14. The highest BCUT2D eigenvalue weighted by Gasteiger charge is 2.23. The van der Waals surface area contributed by atoms with E-state index in [1.54, 1.807) is 0 Å². The topological polar surface area (TPSA) is 75.6 Å². The molecule has 0 spiro atoms. The zero-order chi connectivity index (χ0) is 11.3. The van der Waals surface area contributed by atoms with Crippen molar-refractivity contribution in [2.75, 3.05) is 19.0 Å². The van der Waals surface area contributed by atoms with Crippen molar-refractivity contribution in [2.45, 2.75) is 38.3 Å². The molecule has 0 radical (unpaired) electrons. The highest BCUT2D eigenvalue weighted by molar-refractivity contribution is 7.89. The summed E-state index contributed by atoms with van der Waals surface area (Å²) in [6, 6.07) is -0.0163. The van der Waals surface area contributed by atoms with Gasteiger partial charge in [0.05, 0.1) is 11.9 Å². The Morgan fingerprint density at radius 1 is 1.53 bits per heavy atom. The highest BCUT2D eigenvalue weighted by Crippen LogP contribution is 2.14. The van der Waals surface area contributed by atoms with Crippen LogP contribution in [0.15, 0.2) is 0 Å². The second-order valence-corrected chi connectivity index (χ2v) is 5.79. The van der Waals surface area contributed by atoms with Crippen molar-refractivity contribution in [3.63, 3.8) is 0 Å². The molecular weight excluding hydrogens is 218 g/mol. The predicted octanol–water partition coefficient (Wildman–Crippen LogP) is -0.144. The first-order valence-electron chi connectivity index (χ1n) is 5.26. The molecule has 15 heavy (non-hydrogen) atoms. The van der Waals surface area contributed by atoms with Gasteiger partial charge in [0.2, 0.25) is 10.0 Å². The summed E-state index contributed by atoms with van der Waals surface area (Å²) in [5.74, 6) is -0.00472. The van der Waals surface area contributed by atoms with E-state index in [9.17, 15) is 8.42 Å². The number of ether oxygens (including phenoxy) is 1. The first-order chi connectivity index (χ1) is 7.03. The molecule has 6 heteroatoms. The molecule has 5 nitrogen and oxygen atoms in total. The second kappa shape index (κ2) is 5.79. The van der Waals surface area contributed by atoms with Gasteiger partial charge < -0.3 is 9.84 Å². The maximum absolute atomic E-state index is 11.5. The summed E-state index contributed by atoms with van der Waals surface area (Å²) in [6.45, 7) is 2.45. The predicted molar refractivity (Wildman–Crippen MR) is 57.1 cm³/mol. The maximum atomic E-state index is 11.5. The number of nitrogens with one attached hydrogen (secondary N) is 1. The first-order valence-corrected chi connectivity index (χ1v) is 6.91. The van der Waals surface area contributed by atoms with Crippen molar-refractivity contribution in [3.8, 4) is 0 Å². The molecule has 2 atom stereocenters. The molecule has 0 saturated carbocycles. The van der Waals surface area contributed by atoms with Crippen LogP contribution in [0.2, 0.25) is 0 Å². The largest absolute Gasteiger partial charge is 0.396 e. The third kappa shape index (κ3) is 4.92. The van der Waals surface area contributed by atoms with Crippen molar-refractivity contribution in [2.24, 2.45) is 0 Å². The quantitative estimate of drug-likeness (QED) is 0.697. The molecule has 2 unspecified atom stereocenters. The molecular formula is C9H19NO4S. The van der Waals surface area contributed by atoms with Crippen LogP contribution in [-0.2, 0) is 14.8 Å². The van der Waals surface area contributed by atoms with Gasteiger partial charge in [-0.15, -0.1) is 0 Å². The molecule has 1 heterocycles. The van der Waals surface area contributed by atoms with Crippen LogP contribution < -0.4 is 4.72 Å². The number of sulfonamides is 1. The van der Waals surface area contributed by atoms with Crippen molar-refractivity contribution in [1.82, 2.24) is 4.72 Å². The molecule has 90 valence electrons. The molecule has 2 N–H and O–H groups in total. The molecule has 0 aromatic carbocycles. The van der Waals surface area contributed by atoms with Gasteiger partial charge in [-0.25, -0.2) is 13.1 Å². The van der Waals surface area contributed by atoms with E-state index in [-0.39, 0.29) is 30.9 Å². The minimum atomic E-state index is -3.23. The monoisotopic (exact) mass is 237 g/mol. The smallest absolute Gasteiger partial charge is 0.211 e. The van der Waals surface area contributed by atoms with Crippen molar-refractivity contribution in [1.29, 1.82) is 0 Å². The van der Waals surface area contributed by atoms with E-state index in [0.717, 1.165) is 12.8 Å². The summed E-state index contributed by atoms with van der Waals surface area (Å²) in [4.78, 5) is 0. The molecule has 0 aromatic rings. The Hall–Kier alpha value is -0.170. The zero-order valence-corrected chi connectivity index (χ0v) is 9.79. The number of hydrogen-bond acceptors (Lipinski definition) is 4. The molecule has 0 bridgehead atoms. The van der Waals surface area contributed by atoms with Gasteiger partial charge in [-0.1, -0.05) is 0 Å². The van der Waals surface area contributed by atoms with Crippen molar-refractivity contribution >= 4 is 10.0 Å². The van der Waals surface area contributed by atoms with Gasteiger partial charge in [0.1, 0.15) is 0 Å². The van der Waals surface area contributed by atoms with Crippen LogP contribution in [0.3, 0.4) is 0 Å². The Bertz CT molecular complexity index is 278. The number of aliphatic hydroxyl groups excluding tert-OH is 1. The van der Waals surface area contributed by atoms with Crippen LogP contribution in [0.4, 0.5) is 0 Å². The molecule has 0 aromatic heterocycles. The van der Waals surface area contributed by atoms with E-state index < -0.39 is 10.0 Å². The molecule has 1 aliphatic heterocycles. The fourth-order valence-corrected chi connectivity index (χ4v) is 3.02. The van der Waals surface area contributed by atoms with Crippen LogP contribution in [0.5, 0.6) is 0 Å². The second-order valence-electron chi connectivity index (χ2n) is 3.92. The summed E-state index contributed by atoms with van der Waals surface area (Å²) >= 11 is 0. The molecule has 0 aliphatic carbocycles. The maximum Gasteiger partial charge on any atom is 0.211 e. The van der Waals surface area contributed by atoms with Gasteiger partial charge >= 0.3 is 0 Å². The fourth-order valence-electron chi connectivity index (χ4n) is 1.67. The molecule has 1 aliphatic rings. The van der Waals surface area contributed by atoms with E-state index in [0.29, 0.717) is 6.61 Å². The SMILES string of the molecule is CC1CC(NS(=O)(=O)CCCO)CCO1. The lowest BCUT2D eigenvalue weighted by Gasteiger charge is -2.27. The van der Waals surface area contributed by atoms with Crippen LogP contribution >= 0.6 is 0 Å². The van der Waals surface area contributed by atoms with Crippen LogP contribution in [0.1, 0.15) is 26.2 Å². The minimum absolute atomic E-state index is 0.00472. The van der Waals surface area contributed by atoms with Crippen molar-refractivity contribution < 1.29 is 18.3 Å². The zero-order valence-electron chi connectivity index (χ0n) is 8.98. The third-order valence-electron chi connectivity index (χ3n) is 2.40. The summed E-state index contributed by atoms with van der Waals surface area (Å²) in [5.41, 5.74) is 0. The average molecular weight is 237 g/mol. The third-order valence-corrected chi connectivity index (χ3v) is 3.92. The van der Waals surface area contributed by atoms with Crippen LogP contribution in [-0.4, -0.2) is 44.6 Å². The Balaban J connectivity index is 2.39. The standard InChI is InChI=1S/C9H19NO4S/c1-8-7-9(3-5-14-8)10-15(12,13)6-2-4-11/h8-11H,2-7H2,1H3. The van der Waals surface area contributed by atoms with Gasteiger partial charge in [0, 0.05) is 19.3 Å². The van der Waals surface area contributed by atoms with Gasteiger partial charge in [-0.3, -0.25) is 0 Å². The number of hydrogen-bond donors (Lipinski definition) is 2. The highest BCUT2D eigenvalue weighted by atomic mass is 32.2. The van der Waals surface area contributed by atoms with Gasteiger partial charge in [0.15, 0.2) is 0 Å². The molecule has 1 rings (SSSR count). The summed E-state index contributed by atoms with van der Waals surface area (Å²) in [5, 5.41) is 8.57. The van der Waals surface area contributed by atoms with Gasteiger partial charge in [-0.05, 0) is 26.2 Å². The Kier molecular flexibility index (Phi) is 4.98. The number of rotatable bonds is 5. The molecule has 0 amide bonds. The normalized spacial score (nSPS) is 27.9. The van der Waals surface area contributed by atoms with Crippen molar-refractivity contribution in [3.05, 3.63) is 0 Å². The Morgan fingerprint density at radius 2 is 2.27 bits per heavy atom. The minimum Gasteiger partial charge on any atom is -0.396 e. The van der Waals surface area contributed by atoms with Crippen LogP contribution in [0.25, 0.3) is 0 Å². The van der Waals surface area contributed by atoms with E-state index in [4.69, 9.17) is 9.84 Å². The van der Waals surface area contributed by atoms with Gasteiger partial charge in [0.25, 0.3) is 0 Å². The Labute approximate surface area is 90.9 Å². The molecule has 1 fully saturated rings. The van der Waals surface area contributed by atoms with Gasteiger partial charge in [-0.2, -0.15) is 0 Å². The van der Waals surface area contributed by atoms with E-state index in [1.807, 2.05) is 6.92 Å². The number of aliphatic hydroxyl groups is 1. The van der Waals surface area contributed by atoms with E-state index >= 15 is 0 Å². The van der Waals surface area contributed by atoms with E-state index in [1.165, 1.54) is 0 Å². The first kappa shape index (κ1) is 12.9. The lowest BCUT2D eigenvalue weighted by atomic mass is 10.1. The van der Waals surface area contributed by atoms with Crippen LogP contribution in [0, 0.1) is 0 Å².